The van der Waals surface area contributed by atoms with Gasteiger partial charge in [-0.3, -0.25) is 19.5 Å². The lowest BCUT2D eigenvalue weighted by Gasteiger charge is -2.37. The molecular formula is C52H54N4O12. The van der Waals surface area contributed by atoms with E-state index in [2.05, 4.69) is 31.1 Å². The molecule has 354 valence electrons. The van der Waals surface area contributed by atoms with Crippen molar-refractivity contribution in [2.24, 2.45) is 0 Å². The predicted octanol–water partition coefficient (Wildman–Crippen LogP) is 9.11. The number of methoxy groups -OCH3 is 2. The molecule has 1 aliphatic heterocycles. The summed E-state index contributed by atoms with van der Waals surface area (Å²) in [6.45, 7) is 7.29. The van der Waals surface area contributed by atoms with Gasteiger partial charge >= 0.3 is 11.8 Å². The molecule has 7 rings (SSSR count). The number of anilines is 1. The van der Waals surface area contributed by atoms with Crippen molar-refractivity contribution in [3.8, 4) is 17.2 Å². The van der Waals surface area contributed by atoms with Gasteiger partial charge in [0.05, 0.1) is 25.7 Å². The zero-order valence-corrected chi connectivity index (χ0v) is 38.7. The number of nitrogens with zero attached hydrogens (tertiary/aromatic N) is 3. The Bertz CT molecular complexity index is 2670. The minimum atomic E-state index is -1.27. The lowest BCUT2D eigenvalue weighted by atomic mass is 9.80. The van der Waals surface area contributed by atoms with Crippen molar-refractivity contribution in [2.45, 2.75) is 69.5 Å². The fourth-order valence-corrected chi connectivity index (χ4v) is 8.02. The molecule has 0 spiro atoms. The van der Waals surface area contributed by atoms with Crippen molar-refractivity contribution < 1.29 is 47.7 Å². The first-order valence-corrected chi connectivity index (χ1v) is 22.0. The molecule has 16 nitrogen and oxygen atoms in total. The fourth-order valence-electron chi connectivity index (χ4n) is 8.02. The fraction of sp³-hybridized carbons (Fsp3) is 0.308. The van der Waals surface area contributed by atoms with Crippen LogP contribution in [0, 0.1) is 10.1 Å². The van der Waals surface area contributed by atoms with Gasteiger partial charge in [0.15, 0.2) is 6.61 Å². The molecule has 1 saturated heterocycles. The van der Waals surface area contributed by atoms with Crippen LogP contribution in [0.1, 0.15) is 74.1 Å². The minimum absolute atomic E-state index is 0.00316. The average molecular weight is 927 g/mol. The van der Waals surface area contributed by atoms with Crippen molar-refractivity contribution >= 4 is 23.6 Å². The molecule has 1 amide bonds. The number of hydrogen-bond donors (Lipinski definition) is 1. The second kappa shape index (κ2) is 21.4. The molecule has 4 atom stereocenters. The van der Waals surface area contributed by atoms with Crippen LogP contribution < -0.4 is 25.2 Å². The van der Waals surface area contributed by atoms with Gasteiger partial charge in [-0.2, -0.15) is 4.98 Å². The van der Waals surface area contributed by atoms with Crippen molar-refractivity contribution in [1.29, 1.82) is 0 Å². The normalized spacial score (nSPS) is 16.3. The number of nitro groups is 1. The lowest BCUT2D eigenvalue weighted by molar-refractivity contribution is -0.385. The number of nitro benzene ring substituents is 1. The monoisotopic (exact) mass is 926 g/mol. The number of rotatable bonds is 18. The summed E-state index contributed by atoms with van der Waals surface area (Å²) in [6, 6.07) is 39.7. The van der Waals surface area contributed by atoms with E-state index in [1.807, 2.05) is 91.0 Å². The summed E-state index contributed by atoms with van der Waals surface area (Å²) in [7, 11) is 3.16. The molecule has 0 radical (unpaired) electrons. The van der Waals surface area contributed by atoms with Crippen LogP contribution in [-0.4, -0.2) is 72.8 Å². The molecule has 1 unspecified atom stereocenters. The zero-order chi connectivity index (χ0) is 48.4. The van der Waals surface area contributed by atoms with Crippen molar-refractivity contribution in [1.82, 2.24) is 9.55 Å². The first-order valence-electron chi connectivity index (χ1n) is 22.0. The molecule has 1 N–H and O–H groups in total. The van der Waals surface area contributed by atoms with Gasteiger partial charge in [-0.25, -0.2) is 9.59 Å². The smallest absolute Gasteiger partial charge is 0.497 e. The number of hydrogen-bond acceptors (Lipinski definition) is 13. The molecule has 0 aliphatic carbocycles. The number of amides is 1. The largest absolute Gasteiger partial charge is 0.508 e. The number of aromatic nitrogens is 2. The van der Waals surface area contributed by atoms with Gasteiger partial charge in [-0.05, 0) is 70.1 Å². The molecule has 5 aromatic carbocycles. The summed E-state index contributed by atoms with van der Waals surface area (Å²) in [5.74, 6) is 0.703. The Hall–Kier alpha value is -7.56. The third-order valence-electron chi connectivity index (χ3n) is 11.7. The second-order valence-electron chi connectivity index (χ2n) is 17.2. The third kappa shape index (κ3) is 11.3. The maximum Gasteiger partial charge on any atom is 0.508 e. The van der Waals surface area contributed by atoms with Gasteiger partial charge in [-0.15, -0.1) is 0 Å². The Kier molecular flexibility index (Phi) is 15.2. The van der Waals surface area contributed by atoms with E-state index in [1.54, 1.807) is 51.5 Å². The van der Waals surface area contributed by atoms with Crippen LogP contribution in [0.5, 0.6) is 17.2 Å². The molecule has 1 aliphatic rings. The highest BCUT2D eigenvalue weighted by atomic mass is 16.7. The minimum Gasteiger partial charge on any atom is -0.497 e. The Balaban J connectivity index is 1.14. The Morgan fingerprint density at radius 1 is 0.809 bits per heavy atom. The van der Waals surface area contributed by atoms with Crippen LogP contribution in [0.4, 0.5) is 16.3 Å². The van der Waals surface area contributed by atoms with Crippen molar-refractivity contribution in [2.75, 3.05) is 39.4 Å². The van der Waals surface area contributed by atoms with Gasteiger partial charge < -0.3 is 38.5 Å². The van der Waals surface area contributed by atoms with E-state index in [1.165, 1.54) is 22.9 Å². The maximum atomic E-state index is 13.7. The van der Waals surface area contributed by atoms with Crippen LogP contribution in [-0.2, 0) is 34.8 Å². The van der Waals surface area contributed by atoms with E-state index in [-0.39, 0.29) is 43.2 Å². The van der Waals surface area contributed by atoms with Gasteiger partial charge in [0, 0.05) is 30.2 Å². The second-order valence-corrected chi connectivity index (χ2v) is 17.2. The van der Waals surface area contributed by atoms with Gasteiger partial charge in [0.25, 0.3) is 11.6 Å². The average Bonchev–Trinajstić information content (AvgIpc) is 3.74. The summed E-state index contributed by atoms with van der Waals surface area (Å²) < 4.78 is 43.0. The summed E-state index contributed by atoms with van der Waals surface area (Å²) in [6.07, 6.45) is -2.68. The standard InChI is InChI=1S/C52H54N4O12/c1-34(42-14-10-11-15-43(42)56(60)61)31-65-50(59)68-44-30-48(55-29-28-46(54-49(55)58)53-47(57)33-64-41-26-16-35(17-27-41)51(2,3)4)67-45(44)32-66-52(36-12-8-7-9-13-36,37-18-22-39(62-5)23-19-37)38-20-24-40(63-6)25-21-38/h7-29,34,44-45,48H,30-33H2,1-6H3,(H,53,54,57,58)/t34?,44-,45+,48+/m0/s1. The van der Waals surface area contributed by atoms with Crippen LogP contribution in [0.3, 0.4) is 0 Å². The molecule has 2 heterocycles. The molecule has 0 bridgehead atoms. The van der Waals surface area contributed by atoms with E-state index in [0.717, 1.165) is 22.3 Å². The quantitative estimate of drug-likeness (QED) is 0.0372. The van der Waals surface area contributed by atoms with E-state index in [9.17, 15) is 24.5 Å². The molecular weight excluding hydrogens is 873 g/mol. The van der Waals surface area contributed by atoms with E-state index in [4.69, 9.17) is 33.2 Å². The van der Waals surface area contributed by atoms with Crippen LogP contribution in [0.25, 0.3) is 0 Å². The summed E-state index contributed by atoms with van der Waals surface area (Å²) in [5.41, 5.74) is 1.60. The van der Waals surface area contributed by atoms with Gasteiger partial charge in [0.1, 0.15) is 53.7 Å². The SMILES string of the molecule is COc1ccc(C(OC[C@H]2O[C@@H](n3ccc(NC(=O)COc4ccc(C(C)(C)C)cc4)nc3=O)C[C@@H]2OC(=O)OCC(C)c2ccccc2[N+](=O)[O-])(c2ccccc2)c2ccc(OC)cc2)cc1. The number of para-hydroxylation sites is 1. The first-order chi connectivity index (χ1) is 32.7. The highest BCUT2D eigenvalue weighted by Gasteiger charge is 2.44. The molecule has 1 fully saturated rings. The molecule has 0 saturated carbocycles. The topological polar surface area (TPSA) is 189 Å². The molecule has 6 aromatic rings. The summed E-state index contributed by atoms with van der Waals surface area (Å²) in [5, 5.41) is 14.3. The predicted molar refractivity (Wildman–Crippen MR) is 252 cm³/mol. The van der Waals surface area contributed by atoms with Crippen molar-refractivity contribution in [3.05, 3.63) is 188 Å². The van der Waals surface area contributed by atoms with Gasteiger partial charge in [-0.1, -0.05) is 113 Å². The van der Waals surface area contributed by atoms with E-state index in [0.29, 0.717) is 22.8 Å². The Labute approximate surface area is 393 Å². The number of carbonyl (C=O) groups is 2. The van der Waals surface area contributed by atoms with Crippen LogP contribution in [0.2, 0.25) is 0 Å². The summed E-state index contributed by atoms with van der Waals surface area (Å²) in [4.78, 5) is 55.4. The van der Waals surface area contributed by atoms with E-state index >= 15 is 0 Å². The highest BCUT2D eigenvalue weighted by molar-refractivity contribution is 5.90. The highest BCUT2D eigenvalue weighted by Crippen LogP contribution is 2.43. The molecule has 68 heavy (non-hydrogen) atoms. The number of nitrogens with one attached hydrogen (secondary N) is 1. The van der Waals surface area contributed by atoms with Crippen molar-refractivity contribution in [3.63, 3.8) is 0 Å². The zero-order valence-electron chi connectivity index (χ0n) is 38.7. The Morgan fingerprint density at radius 2 is 1.38 bits per heavy atom. The van der Waals surface area contributed by atoms with E-state index < -0.39 is 52.6 Å². The number of benzene rings is 5. The number of carbonyl (C=O) groups excluding carboxylic acids is 2. The molecule has 16 heteroatoms. The molecule has 1 aromatic heterocycles. The lowest BCUT2D eigenvalue weighted by Crippen LogP contribution is -2.39. The van der Waals surface area contributed by atoms with Gasteiger partial charge in [0.2, 0.25) is 0 Å². The third-order valence-corrected chi connectivity index (χ3v) is 11.7. The summed E-state index contributed by atoms with van der Waals surface area (Å²) >= 11 is 0. The Morgan fingerprint density at radius 3 is 1.97 bits per heavy atom. The van der Waals surface area contributed by atoms with Crippen LogP contribution in [0.15, 0.2) is 144 Å². The number of ether oxygens (including phenoxy) is 7. The maximum absolute atomic E-state index is 13.7. The van der Waals surface area contributed by atoms with Crippen LogP contribution >= 0.6 is 0 Å². The first kappa shape index (κ1) is 48.4.